The monoisotopic (exact) mass is 207 g/mol. The molecule has 2 heterocycles. The number of nitroso groups, excluding NO2 is 1. The van der Waals surface area contributed by atoms with Crippen LogP contribution in [-0.4, -0.2) is 34.7 Å². The number of hydrogen-bond acceptors (Lipinski definition) is 4. The van der Waals surface area contributed by atoms with Gasteiger partial charge in [0.25, 0.3) is 0 Å². The molecule has 0 saturated heterocycles. The van der Waals surface area contributed by atoms with Gasteiger partial charge >= 0.3 is 6.17 Å². The van der Waals surface area contributed by atoms with Gasteiger partial charge < -0.3 is 5.32 Å². The van der Waals surface area contributed by atoms with E-state index in [-0.39, 0.29) is 5.91 Å². The first kappa shape index (κ1) is 9.57. The number of hydrogen-bond donors (Lipinski definition) is 1. The summed E-state index contributed by atoms with van der Waals surface area (Å²) in [5.41, 5.74) is 0.713. The number of fused-ring (bicyclic) bond motifs is 1. The normalized spacial score (nSPS) is 23.5. The summed E-state index contributed by atoms with van der Waals surface area (Å²) in [7, 11) is 1.69. The van der Waals surface area contributed by atoms with Crippen LogP contribution in [0.5, 0.6) is 0 Å². The lowest BCUT2D eigenvalue weighted by molar-refractivity contribution is -0.535. The van der Waals surface area contributed by atoms with Crippen molar-refractivity contribution >= 4 is 11.7 Å². The van der Waals surface area contributed by atoms with Gasteiger partial charge in [0.15, 0.2) is 5.84 Å². The third-order valence-corrected chi connectivity index (χ3v) is 2.21. The summed E-state index contributed by atoms with van der Waals surface area (Å²) < 4.78 is 0.799. The summed E-state index contributed by atoms with van der Waals surface area (Å²) in [6, 6.07) is 0. The van der Waals surface area contributed by atoms with E-state index < -0.39 is 6.17 Å². The Kier molecular flexibility index (Phi) is 2.11. The third-order valence-electron chi connectivity index (χ3n) is 2.21. The number of carbonyl (C=O) groups excluding carboxylic acids is 1. The number of amides is 1. The summed E-state index contributed by atoms with van der Waals surface area (Å²) >= 11 is 0. The van der Waals surface area contributed by atoms with Crippen LogP contribution in [-0.2, 0) is 4.79 Å². The first-order valence-electron chi connectivity index (χ1n) is 4.53. The fourth-order valence-corrected chi connectivity index (χ4v) is 1.64. The van der Waals surface area contributed by atoms with Gasteiger partial charge in [-0.15, -0.1) is 0 Å². The molecular formula is C9H11N4O2+. The lowest BCUT2D eigenvalue weighted by Gasteiger charge is -2.11. The molecule has 0 saturated carbocycles. The number of likely N-dealkylation sites (N-methyl/N-ethyl adjacent to an activating group) is 1. The molecule has 2 rings (SSSR count). The summed E-state index contributed by atoms with van der Waals surface area (Å²) in [5.74, 6) is 0.246. The van der Waals surface area contributed by atoms with E-state index in [0.717, 1.165) is 4.76 Å². The molecule has 1 N–H and O–H groups in total. The van der Waals surface area contributed by atoms with E-state index in [1.807, 2.05) is 0 Å². The van der Waals surface area contributed by atoms with Crippen LogP contribution in [0, 0.1) is 4.91 Å². The molecule has 0 fully saturated rings. The second-order valence-corrected chi connectivity index (χ2v) is 3.40. The van der Waals surface area contributed by atoms with Gasteiger partial charge in [0, 0.05) is 25.0 Å². The quantitative estimate of drug-likeness (QED) is 0.566. The maximum atomic E-state index is 11.5. The number of nitrogens with one attached hydrogen (secondary N) is 1. The van der Waals surface area contributed by atoms with Crippen molar-refractivity contribution in [2.45, 2.75) is 13.1 Å². The molecule has 6 nitrogen and oxygen atoms in total. The average molecular weight is 207 g/mol. The van der Waals surface area contributed by atoms with E-state index in [2.05, 4.69) is 10.4 Å². The fourth-order valence-electron chi connectivity index (χ4n) is 1.64. The lowest BCUT2D eigenvalue weighted by Crippen LogP contribution is -2.36. The predicted molar refractivity (Wildman–Crippen MR) is 53.7 cm³/mol. The second-order valence-electron chi connectivity index (χ2n) is 3.40. The van der Waals surface area contributed by atoms with Crippen molar-refractivity contribution in [2.24, 2.45) is 5.10 Å². The highest BCUT2D eigenvalue weighted by molar-refractivity contribution is 6.08. The Balaban J connectivity index is 2.32. The summed E-state index contributed by atoms with van der Waals surface area (Å²) in [5, 5.41) is 8.21. The first-order valence-corrected chi connectivity index (χ1v) is 4.53. The first-order chi connectivity index (χ1) is 7.09. The molecule has 2 aliphatic heterocycles. The van der Waals surface area contributed by atoms with E-state index in [1.54, 1.807) is 19.2 Å². The zero-order valence-electron chi connectivity index (χ0n) is 8.47. The van der Waals surface area contributed by atoms with Gasteiger partial charge in [0.05, 0.1) is 10.3 Å². The zero-order valence-corrected chi connectivity index (χ0v) is 8.47. The van der Waals surface area contributed by atoms with Crippen LogP contribution in [0.4, 0.5) is 0 Å². The summed E-state index contributed by atoms with van der Waals surface area (Å²) in [6.07, 6.45) is 4.38. The minimum absolute atomic E-state index is 0.198. The molecule has 0 radical (unpaired) electrons. The number of amidine groups is 1. The maximum Gasteiger partial charge on any atom is 0.326 e. The van der Waals surface area contributed by atoms with Crippen molar-refractivity contribution in [1.29, 1.82) is 0 Å². The van der Waals surface area contributed by atoms with Crippen molar-refractivity contribution in [3.05, 3.63) is 28.8 Å². The summed E-state index contributed by atoms with van der Waals surface area (Å²) in [6.45, 7) is 1.41. The van der Waals surface area contributed by atoms with Gasteiger partial charge in [-0.05, 0) is 6.08 Å². The molecule has 0 aliphatic carbocycles. The van der Waals surface area contributed by atoms with Crippen molar-refractivity contribution in [1.82, 2.24) is 10.3 Å². The summed E-state index contributed by atoms with van der Waals surface area (Å²) in [4.78, 5) is 22.4. The molecule has 0 spiro atoms. The Hall–Kier alpha value is -1.98. The van der Waals surface area contributed by atoms with E-state index in [0.29, 0.717) is 11.4 Å². The van der Waals surface area contributed by atoms with E-state index in [1.165, 1.54) is 18.1 Å². The van der Waals surface area contributed by atoms with Crippen molar-refractivity contribution < 1.29 is 9.55 Å². The average Bonchev–Trinajstić information content (AvgIpc) is 2.44. The highest BCUT2D eigenvalue weighted by Gasteiger charge is 2.42. The van der Waals surface area contributed by atoms with Crippen molar-refractivity contribution in [3.8, 4) is 0 Å². The van der Waals surface area contributed by atoms with Crippen molar-refractivity contribution in [2.75, 3.05) is 7.05 Å². The van der Waals surface area contributed by atoms with Crippen molar-refractivity contribution in [3.63, 3.8) is 0 Å². The second kappa shape index (κ2) is 3.30. The van der Waals surface area contributed by atoms with Gasteiger partial charge in [0.1, 0.15) is 0 Å². The predicted octanol–water partition coefficient (Wildman–Crippen LogP) is -0.0599. The molecule has 6 heteroatoms. The number of hydrazone groups is 1. The van der Waals surface area contributed by atoms with Crippen LogP contribution in [0.3, 0.4) is 0 Å². The highest BCUT2D eigenvalue weighted by atomic mass is 16.3. The van der Waals surface area contributed by atoms with E-state index in [9.17, 15) is 9.70 Å². The number of nitrogens with zero attached hydrogens (tertiary/aromatic N) is 3. The molecule has 0 aromatic heterocycles. The number of rotatable bonds is 0. The van der Waals surface area contributed by atoms with Crippen LogP contribution in [0.25, 0.3) is 0 Å². The Morgan fingerprint density at radius 3 is 3.07 bits per heavy atom. The smallest absolute Gasteiger partial charge is 0.309 e. The standard InChI is InChI=1S/C9H10N4O2/c1-6(14)10-8-7-4-3-5-13(15)9(7)12(2)11-8/h3-5,9H,1-2H3/p+1. The molecule has 1 unspecified atom stereocenters. The lowest BCUT2D eigenvalue weighted by atomic mass is 10.1. The van der Waals surface area contributed by atoms with Crippen LogP contribution in [0.1, 0.15) is 6.92 Å². The van der Waals surface area contributed by atoms with Crippen LogP contribution in [0.15, 0.2) is 29.0 Å². The van der Waals surface area contributed by atoms with Crippen LogP contribution in [0.2, 0.25) is 0 Å². The minimum atomic E-state index is -0.461. The molecule has 0 aromatic rings. The Labute approximate surface area is 86.5 Å². The molecule has 1 atom stereocenters. The van der Waals surface area contributed by atoms with Gasteiger partial charge in [0.2, 0.25) is 12.1 Å². The largest absolute Gasteiger partial charge is 0.326 e. The molecule has 1 amide bonds. The van der Waals surface area contributed by atoms with Gasteiger partial charge in [-0.2, -0.15) is 5.10 Å². The van der Waals surface area contributed by atoms with Crippen LogP contribution >= 0.6 is 0 Å². The Morgan fingerprint density at radius 2 is 2.40 bits per heavy atom. The van der Waals surface area contributed by atoms with Gasteiger partial charge in [-0.25, -0.2) is 5.01 Å². The third kappa shape index (κ3) is 1.54. The number of carbonyl (C=O) groups is 1. The number of allylic oxidation sites excluding steroid dienone is 2. The highest BCUT2D eigenvalue weighted by Crippen LogP contribution is 2.22. The van der Waals surface area contributed by atoms with Gasteiger partial charge in [-0.3, -0.25) is 4.79 Å². The fraction of sp³-hybridized carbons (Fsp3) is 0.333. The molecule has 0 bridgehead atoms. The van der Waals surface area contributed by atoms with E-state index >= 15 is 0 Å². The molecule has 2 aliphatic rings. The minimum Gasteiger partial charge on any atom is -0.309 e. The maximum absolute atomic E-state index is 11.5. The van der Waals surface area contributed by atoms with Gasteiger partial charge in [-0.1, -0.05) is 0 Å². The molecular weight excluding hydrogens is 196 g/mol. The topological polar surface area (TPSA) is 64.8 Å². The molecule has 15 heavy (non-hydrogen) atoms. The van der Waals surface area contributed by atoms with E-state index in [4.69, 9.17) is 0 Å². The molecule has 0 aromatic carbocycles. The Morgan fingerprint density at radius 1 is 1.67 bits per heavy atom. The zero-order chi connectivity index (χ0) is 11.0. The van der Waals surface area contributed by atoms with Crippen LogP contribution < -0.4 is 5.32 Å². The Bertz CT molecular complexity index is 422. The SMILES string of the molecule is CC(=O)NC1=NN(C)C2C1=CC=C[N+]2=O. The molecule has 78 valence electrons.